The lowest BCUT2D eigenvalue weighted by molar-refractivity contribution is -0.132. The molecule has 0 fully saturated rings. The maximum atomic E-state index is 11.3. The van der Waals surface area contributed by atoms with Crippen LogP contribution in [0.3, 0.4) is 0 Å². The third kappa shape index (κ3) is 8.97. The number of aliphatic carboxylic acids is 1. The SMILES string of the molecule is CCC/C=C(\C(=O)O)[SiH](OCCCC)OCCCC. The molecular formula is C14H28O4Si. The quantitative estimate of drug-likeness (QED) is 0.340. The number of carboxylic acid groups (broad SMARTS) is 1. The molecule has 112 valence electrons. The number of unbranched alkanes of at least 4 members (excludes halogenated alkanes) is 3. The predicted octanol–water partition coefficient (Wildman–Crippen LogP) is 3.19. The largest absolute Gasteiger partial charge is 0.478 e. The lowest BCUT2D eigenvalue weighted by atomic mass is 10.3. The van der Waals surface area contributed by atoms with Crippen molar-refractivity contribution in [1.29, 1.82) is 0 Å². The fourth-order valence-electron chi connectivity index (χ4n) is 1.48. The molecule has 0 aliphatic rings. The summed E-state index contributed by atoms with van der Waals surface area (Å²) in [5.74, 6) is -0.891. The Morgan fingerprint density at radius 1 is 1.05 bits per heavy atom. The highest BCUT2D eigenvalue weighted by Crippen LogP contribution is 2.10. The van der Waals surface area contributed by atoms with Gasteiger partial charge in [-0.15, -0.1) is 0 Å². The Balaban J connectivity index is 4.57. The van der Waals surface area contributed by atoms with Crippen molar-refractivity contribution in [2.24, 2.45) is 0 Å². The smallest absolute Gasteiger partial charge is 0.362 e. The van der Waals surface area contributed by atoms with Crippen molar-refractivity contribution in [3.05, 3.63) is 11.3 Å². The van der Waals surface area contributed by atoms with E-state index in [-0.39, 0.29) is 0 Å². The zero-order valence-electron chi connectivity index (χ0n) is 12.5. The number of hydrogen-bond donors (Lipinski definition) is 1. The minimum atomic E-state index is -2.24. The van der Waals surface area contributed by atoms with Crippen molar-refractivity contribution in [2.45, 2.75) is 59.3 Å². The van der Waals surface area contributed by atoms with Gasteiger partial charge in [0.05, 0.1) is 5.20 Å². The van der Waals surface area contributed by atoms with Crippen molar-refractivity contribution in [1.82, 2.24) is 0 Å². The van der Waals surface area contributed by atoms with Gasteiger partial charge in [-0.1, -0.05) is 46.1 Å². The van der Waals surface area contributed by atoms with E-state index in [0.717, 1.165) is 38.5 Å². The monoisotopic (exact) mass is 288 g/mol. The van der Waals surface area contributed by atoms with Gasteiger partial charge in [-0.25, -0.2) is 4.79 Å². The van der Waals surface area contributed by atoms with Crippen molar-refractivity contribution >= 4 is 15.3 Å². The van der Waals surface area contributed by atoms with Crippen LogP contribution in [0.15, 0.2) is 11.3 Å². The molecule has 19 heavy (non-hydrogen) atoms. The van der Waals surface area contributed by atoms with Crippen LogP contribution in [0.4, 0.5) is 0 Å². The lowest BCUT2D eigenvalue weighted by Gasteiger charge is -2.17. The average Bonchev–Trinajstić information content (AvgIpc) is 2.38. The molecule has 0 aromatic rings. The number of hydrogen-bond acceptors (Lipinski definition) is 3. The molecule has 0 aliphatic carbocycles. The number of allylic oxidation sites excluding steroid dienone is 1. The van der Waals surface area contributed by atoms with Crippen LogP contribution in [0, 0.1) is 0 Å². The minimum absolute atomic E-state index is 0.369. The van der Waals surface area contributed by atoms with Gasteiger partial charge in [0, 0.05) is 13.2 Å². The molecule has 0 aromatic carbocycles. The van der Waals surface area contributed by atoms with Gasteiger partial charge in [0.1, 0.15) is 0 Å². The van der Waals surface area contributed by atoms with Crippen LogP contribution in [-0.2, 0) is 13.6 Å². The Hall–Kier alpha value is -0.653. The first-order chi connectivity index (χ1) is 9.17. The second-order valence-corrected chi connectivity index (χ2v) is 6.49. The summed E-state index contributed by atoms with van der Waals surface area (Å²) in [4.78, 5) is 11.3. The highest BCUT2D eigenvalue weighted by Gasteiger charge is 2.25. The van der Waals surface area contributed by atoms with E-state index >= 15 is 0 Å². The third-order valence-corrected chi connectivity index (χ3v) is 4.76. The van der Waals surface area contributed by atoms with Crippen molar-refractivity contribution < 1.29 is 18.8 Å². The van der Waals surface area contributed by atoms with Crippen molar-refractivity contribution in [3.8, 4) is 0 Å². The van der Waals surface area contributed by atoms with E-state index in [9.17, 15) is 9.90 Å². The highest BCUT2D eigenvalue weighted by atomic mass is 28.3. The molecule has 0 atom stereocenters. The molecule has 0 amide bonds. The first-order valence-corrected chi connectivity index (χ1v) is 8.85. The van der Waals surface area contributed by atoms with Crippen molar-refractivity contribution in [2.75, 3.05) is 13.2 Å². The van der Waals surface area contributed by atoms with Gasteiger partial charge in [0.2, 0.25) is 0 Å². The Morgan fingerprint density at radius 3 is 1.95 bits per heavy atom. The topological polar surface area (TPSA) is 55.8 Å². The number of carbonyl (C=O) groups is 1. The molecule has 0 rings (SSSR count). The molecular weight excluding hydrogens is 260 g/mol. The summed E-state index contributed by atoms with van der Waals surface area (Å²) in [7, 11) is -2.24. The molecule has 0 radical (unpaired) electrons. The van der Waals surface area contributed by atoms with Crippen LogP contribution < -0.4 is 0 Å². The summed E-state index contributed by atoms with van der Waals surface area (Å²) < 4.78 is 11.4. The fourth-order valence-corrected chi connectivity index (χ4v) is 3.26. The second kappa shape index (κ2) is 12.4. The van der Waals surface area contributed by atoms with Crippen LogP contribution in [0.5, 0.6) is 0 Å². The second-order valence-electron chi connectivity index (χ2n) is 4.53. The molecule has 0 saturated heterocycles. The number of rotatable bonds is 12. The lowest BCUT2D eigenvalue weighted by Crippen LogP contribution is -2.31. The van der Waals surface area contributed by atoms with Crippen LogP contribution in [0.2, 0.25) is 0 Å². The van der Waals surface area contributed by atoms with E-state index in [2.05, 4.69) is 13.8 Å². The van der Waals surface area contributed by atoms with Gasteiger partial charge < -0.3 is 14.0 Å². The molecule has 0 bridgehead atoms. The maximum absolute atomic E-state index is 11.3. The fraction of sp³-hybridized carbons (Fsp3) is 0.786. The summed E-state index contributed by atoms with van der Waals surface area (Å²) in [6.45, 7) is 7.39. The normalized spacial score (nSPS) is 12.1. The Bertz CT molecular complexity index is 256. The Morgan fingerprint density at radius 2 is 1.58 bits per heavy atom. The maximum Gasteiger partial charge on any atom is 0.362 e. The molecule has 1 N–H and O–H groups in total. The molecule has 0 aliphatic heterocycles. The average molecular weight is 288 g/mol. The van der Waals surface area contributed by atoms with Gasteiger partial charge in [-0.05, 0) is 19.3 Å². The number of carboxylic acids is 1. The summed E-state index contributed by atoms with van der Waals surface area (Å²) in [5, 5.41) is 9.66. The molecule has 5 heteroatoms. The zero-order chi connectivity index (χ0) is 14.5. The molecule has 0 spiro atoms. The van der Waals surface area contributed by atoms with Crippen molar-refractivity contribution in [3.63, 3.8) is 0 Å². The highest BCUT2D eigenvalue weighted by molar-refractivity contribution is 6.60. The minimum Gasteiger partial charge on any atom is -0.478 e. The Labute approximate surface area is 118 Å². The van der Waals surface area contributed by atoms with Gasteiger partial charge in [-0.3, -0.25) is 0 Å². The van der Waals surface area contributed by atoms with E-state index in [0.29, 0.717) is 18.4 Å². The van der Waals surface area contributed by atoms with Crippen LogP contribution in [0.1, 0.15) is 59.3 Å². The Kier molecular flexibility index (Phi) is 12.0. The van der Waals surface area contributed by atoms with Crippen LogP contribution >= 0.6 is 0 Å². The van der Waals surface area contributed by atoms with Gasteiger partial charge in [0.25, 0.3) is 0 Å². The van der Waals surface area contributed by atoms with Gasteiger partial charge in [-0.2, -0.15) is 0 Å². The molecule has 4 nitrogen and oxygen atoms in total. The van der Waals surface area contributed by atoms with Gasteiger partial charge >= 0.3 is 15.3 Å². The van der Waals surface area contributed by atoms with E-state index in [4.69, 9.17) is 8.85 Å². The molecule has 0 unspecified atom stereocenters. The summed E-state index contributed by atoms with van der Waals surface area (Å²) in [6.07, 6.45) is 7.44. The molecule has 0 saturated carbocycles. The van der Waals surface area contributed by atoms with Gasteiger partial charge in [0.15, 0.2) is 0 Å². The summed E-state index contributed by atoms with van der Waals surface area (Å²) >= 11 is 0. The van der Waals surface area contributed by atoms with E-state index < -0.39 is 15.3 Å². The van der Waals surface area contributed by atoms with E-state index in [1.807, 2.05) is 6.92 Å². The first kappa shape index (κ1) is 18.3. The first-order valence-electron chi connectivity index (χ1n) is 7.33. The van der Waals surface area contributed by atoms with Crippen LogP contribution in [0.25, 0.3) is 0 Å². The van der Waals surface area contributed by atoms with E-state index in [1.165, 1.54) is 0 Å². The summed E-state index contributed by atoms with van der Waals surface area (Å²) in [6, 6.07) is 0. The third-order valence-electron chi connectivity index (χ3n) is 2.69. The molecule has 0 aromatic heterocycles. The van der Waals surface area contributed by atoms with Crippen LogP contribution in [-0.4, -0.2) is 33.6 Å². The predicted molar refractivity (Wildman–Crippen MR) is 79.5 cm³/mol. The standard InChI is InChI=1S/C14H28O4Si/c1-4-7-10-13(14(15)16)19(17-11-8-5-2)18-12-9-6-3/h10,19H,4-9,11-12H2,1-3H3,(H,15,16)/b13-10+. The summed E-state index contributed by atoms with van der Waals surface area (Å²) in [5.41, 5.74) is 0. The molecule has 0 heterocycles. The van der Waals surface area contributed by atoms with E-state index in [1.54, 1.807) is 6.08 Å². The zero-order valence-corrected chi connectivity index (χ0v) is 13.6.